The van der Waals surface area contributed by atoms with Crippen LogP contribution in [0.4, 0.5) is 5.82 Å². The molecular formula is C33H37BrN8O3. The van der Waals surface area contributed by atoms with Gasteiger partial charge in [0.2, 0.25) is 11.8 Å². The van der Waals surface area contributed by atoms with Crippen LogP contribution in [0.1, 0.15) is 62.4 Å². The van der Waals surface area contributed by atoms with E-state index in [1.165, 1.54) is 0 Å². The molecular weight excluding hydrogens is 636 g/mol. The summed E-state index contributed by atoms with van der Waals surface area (Å²) >= 11 is 3.37. The zero-order valence-electron chi connectivity index (χ0n) is 26.3. The Hall–Kier alpha value is -4.19. The lowest BCUT2D eigenvalue weighted by Crippen LogP contribution is -2.47. The summed E-state index contributed by atoms with van der Waals surface area (Å²) in [5, 5.41) is 11.2. The fraction of sp³-hybridized carbons (Fsp3) is 0.424. The zero-order chi connectivity index (χ0) is 32.3. The number of hydrogen-bond donors (Lipinski definition) is 2. The predicted molar refractivity (Wildman–Crippen MR) is 174 cm³/mol. The van der Waals surface area contributed by atoms with Crippen molar-refractivity contribution in [3.63, 3.8) is 0 Å². The van der Waals surface area contributed by atoms with Crippen LogP contribution in [0.3, 0.4) is 0 Å². The van der Waals surface area contributed by atoms with Crippen molar-refractivity contribution >= 4 is 50.4 Å². The molecule has 1 saturated heterocycles. The Labute approximate surface area is 270 Å². The number of rotatable bonds is 7. The monoisotopic (exact) mass is 672 g/mol. The van der Waals surface area contributed by atoms with Crippen molar-refractivity contribution in [1.29, 1.82) is 0 Å². The number of carbonyl (C=O) groups is 3. The molecule has 12 heteroatoms. The molecule has 1 aliphatic carbocycles. The van der Waals surface area contributed by atoms with Crippen molar-refractivity contribution in [1.82, 2.24) is 34.9 Å². The molecule has 3 amide bonds. The van der Waals surface area contributed by atoms with Crippen molar-refractivity contribution in [3.8, 4) is 11.1 Å². The molecule has 0 unspecified atom stereocenters. The number of likely N-dealkylation sites (tertiary alicyclic amines) is 1. The van der Waals surface area contributed by atoms with E-state index in [9.17, 15) is 14.4 Å². The third-order valence-electron chi connectivity index (χ3n) is 8.67. The van der Waals surface area contributed by atoms with Crippen LogP contribution in [0.5, 0.6) is 0 Å². The number of aromatic nitrogens is 5. The zero-order valence-corrected chi connectivity index (χ0v) is 27.9. The number of anilines is 1. The summed E-state index contributed by atoms with van der Waals surface area (Å²) in [6.07, 6.45) is 4.91. The second kappa shape index (κ2) is 11.3. The number of carbonyl (C=O) groups excluding carboxylic acids is 3. The van der Waals surface area contributed by atoms with E-state index in [1.807, 2.05) is 65.0 Å². The maximum absolute atomic E-state index is 14.0. The fourth-order valence-electron chi connectivity index (χ4n) is 6.02. The minimum atomic E-state index is -0.633. The molecule has 3 atom stereocenters. The van der Waals surface area contributed by atoms with Crippen LogP contribution >= 0.6 is 15.9 Å². The molecule has 234 valence electrons. The van der Waals surface area contributed by atoms with Gasteiger partial charge in [0.15, 0.2) is 5.69 Å². The lowest BCUT2D eigenvalue weighted by molar-refractivity contribution is -0.138. The van der Waals surface area contributed by atoms with Gasteiger partial charge in [-0.15, -0.1) is 0 Å². The van der Waals surface area contributed by atoms with E-state index in [0.29, 0.717) is 40.1 Å². The van der Waals surface area contributed by atoms with Gasteiger partial charge in [-0.1, -0.05) is 39.8 Å². The molecule has 2 N–H and O–H groups in total. The fourth-order valence-corrected chi connectivity index (χ4v) is 6.33. The summed E-state index contributed by atoms with van der Waals surface area (Å²) in [7, 11) is 0. The van der Waals surface area contributed by atoms with Crippen molar-refractivity contribution < 1.29 is 14.4 Å². The number of benzene rings is 1. The largest absolute Gasteiger partial charge is 0.350 e. The summed E-state index contributed by atoms with van der Waals surface area (Å²) in [6, 6.07) is 8.69. The van der Waals surface area contributed by atoms with Gasteiger partial charge in [-0.2, -0.15) is 5.10 Å². The number of fused-ring (bicyclic) bond motifs is 2. The number of amides is 3. The molecule has 4 aromatic rings. The second-order valence-corrected chi connectivity index (χ2v) is 14.5. The first-order chi connectivity index (χ1) is 21.2. The molecule has 45 heavy (non-hydrogen) atoms. The number of pyridine rings is 1. The van der Waals surface area contributed by atoms with Crippen LogP contribution in [0.2, 0.25) is 0 Å². The Morgan fingerprint density at radius 2 is 1.78 bits per heavy atom. The first-order valence-corrected chi connectivity index (χ1v) is 15.8. The van der Waals surface area contributed by atoms with Gasteiger partial charge < -0.3 is 15.5 Å². The SMILES string of the molecule is Cc1ncc(-c2ccc3c(c2)c(C(=O)NCC(C)(C)C)nn3CC(=O)N2[C@H](C(=O)Nc3nc(Br)ccc3C)C[C@@]3(C)C[C@@H]23)cn1. The Bertz CT molecular complexity index is 1830. The average Bonchev–Trinajstić information content (AvgIpc) is 3.35. The molecule has 3 aromatic heterocycles. The van der Waals surface area contributed by atoms with Crippen LogP contribution < -0.4 is 10.6 Å². The Kier molecular flexibility index (Phi) is 7.75. The van der Waals surface area contributed by atoms with Crippen molar-refractivity contribution in [3.05, 3.63) is 64.4 Å². The highest BCUT2D eigenvalue weighted by Gasteiger charge is 2.64. The Morgan fingerprint density at radius 3 is 2.49 bits per heavy atom. The van der Waals surface area contributed by atoms with E-state index >= 15 is 0 Å². The average molecular weight is 674 g/mol. The van der Waals surface area contributed by atoms with Gasteiger partial charge in [0, 0.05) is 35.9 Å². The topological polar surface area (TPSA) is 135 Å². The normalized spacial score (nSPS) is 20.6. The minimum absolute atomic E-state index is 0.0261. The molecule has 2 aliphatic rings. The van der Waals surface area contributed by atoms with E-state index in [-0.39, 0.29) is 46.8 Å². The van der Waals surface area contributed by atoms with E-state index in [2.05, 4.69) is 53.5 Å². The smallest absolute Gasteiger partial charge is 0.272 e. The first kappa shape index (κ1) is 30.8. The lowest BCUT2D eigenvalue weighted by Gasteiger charge is -2.27. The van der Waals surface area contributed by atoms with Crippen LogP contribution in [-0.4, -0.2) is 66.0 Å². The number of hydrogen-bond acceptors (Lipinski definition) is 7. The van der Waals surface area contributed by atoms with Gasteiger partial charge in [-0.25, -0.2) is 15.0 Å². The molecule has 0 bridgehead atoms. The van der Waals surface area contributed by atoms with Gasteiger partial charge in [-0.05, 0) is 82.8 Å². The summed E-state index contributed by atoms with van der Waals surface area (Å²) in [4.78, 5) is 55.8. The number of nitrogens with one attached hydrogen (secondary N) is 2. The van der Waals surface area contributed by atoms with Crippen molar-refractivity contribution in [2.45, 2.75) is 73.0 Å². The molecule has 0 radical (unpaired) electrons. The number of halogens is 1. The van der Waals surface area contributed by atoms with Crippen LogP contribution in [0.25, 0.3) is 22.0 Å². The van der Waals surface area contributed by atoms with E-state index in [4.69, 9.17) is 0 Å². The number of piperidine rings is 1. The summed E-state index contributed by atoms with van der Waals surface area (Å²) in [5.41, 5.74) is 3.12. The van der Waals surface area contributed by atoms with E-state index in [1.54, 1.807) is 22.0 Å². The van der Waals surface area contributed by atoms with Gasteiger partial charge >= 0.3 is 0 Å². The quantitative estimate of drug-likeness (QED) is 0.262. The third-order valence-corrected chi connectivity index (χ3v) is 9.12. The predicted octanol–water partition coefficient (Wildman–Crippen LogP) is 5.06. The second-order valence-electron chi connectivity index (χ2n) is 13.7. The number of aryl methyl sites for hydroxylation is 2. The maximum Gasteiger partial charge on any atom is 0.272 e. The molecule has 1 saturated carbocycles. The molecule has 2 fully saturated rings. The summed E-state index contributed by atoms with van der Waals surface area (Å²) < 4.78 is 2.19. The molecule has 6 rings (SSSR count). The Balaban J connectivity index is 1.31. The van der Waals surface area contributed by atoms with Crippen LogP contribution in [-0.2, 0) is 16.1 Å². The van der Waals surface area contributed by atoms with Gasteiger partial charge in [0.25, 0.3) is 5.91 Å². The first-order valence-electron chi connectivity index (χ1n) is 15.1. The van der Waals surface area contributed by atoms with Gasteiger partial charge in [0.05, 0.1) is 5.52 Å². The molecule has 11 nitrogen and oxygen atoms in total. The van der Waals surface area contributed by atoms with Crippen LogP contribution in [0, 0.1) is 24.7 Å². The molecule has 1 aliphatic heterocycles. The molecule has 4 heterocycles. The van der Waals surface area contributed by atoms with Crippen molar-refractivity contribution in [2.75, 3.05) is 11.9 Å². The van der Waals surface area contributed by atoms with Crippen molar-refractivity contribution in [2.24, 2.45) is 10.8 Å². The molecule has 1 aromatic carbocycles. The lowest BCUT2D eigenvalue weighted by atomic mass is 9.97. The standard InChI is InChI=1S/C33H37BrN8O3/c1-18-7-10-26(34)38-29(18)39-30(44)24-12-33(6)13-25(33)42(24)27(43)16-41-23-9-8-20(21-14-35-19(2)36-15-21)11-22(23)28(40-41)31(45)37-17-32(3,4)5/h7-11,14-15,24-25H,12-13,16-17H2,1-6H3,(H,37,45)(H,38,39,44)/t24-,25+,33-/m0/s1. The van der Waals surface area contributed by atoms with E-state index < -0.39 is 6.04 Å². The highest BCUT2D eigenvalue weighted by molar-refractivity contribution is 9.10. The third kappa shape index (κ3) is 6.20. The van der Waals surface area contributed by atoms with Gasteiger partial charge in [-0.3, -0.25) is 19.1 Å². The maximum atomic E-state index is 14.0. The van der Waals surface area contributed by atoms with Gasteiger partial charge in [0.1, 0.15) is 28.8 Å². The van der Waals surface area contributed by atoms with Crippen LogP contribution in [0.15, 0.2) is 47.3 Å². The highest BCUT2D eigenvalue weighted by Crippen LogP contribution is 2.59. The summed E-state index contributed by atoms with van der Waals surface area (Å²) in [5.74, 6) is 0.331. The highest BCUT2D eigenvalue weighted by atomic mass is 79.9. The Morgan fingerprint density at radius 1 is 1.04 bits per heavy atom. The minimum Gasteiger partial charge on any atom is -0.350 e. The molecule has 0 spiro atoms. The number of nitrogens with zero attached hydrogens (tertiary/aromatic N) is 6. The summed E-state index contributed by atoms with van der Waals surface area (Å²) in [6.45, 7) is 12.3. The van der Waals surface area contributed by atoms with E-state index in [0.717, 1.165) is 23.1 Å².